The zero-order chi connectivity index (χ0) is 17.9. The Bertz CT molecular complexity index is 924. The van der Waals surface area contributed by atoms with Crippen molar-refractivity contribution in [2.45, 2.75) is 23.8 Å². The number of hydrogen-bond acceptors (Lipinski definition) is 6. The molecule has 2 aromatic heterocycles. The van der Waals surface area contributed by atoms with Crippen LogP contribution in [0.3, 0.4) is 0 Å². The van der Waals surface area contributed by atoms with E-state index in [1.165, 1.54) is 19.2 Å². The van der Waals surface area contributed by atoms with Gasteiger partial charge in [0.25, 0.3) is 10.0 Å². The maximum Gasteiger partial charge on any atom is 0.262 e. The SMILES string of the molecule is Cn1cnc(S(=O)(=O)N2CC3CN(c4cc(C5CC5)ncn4)CC3C2)c1. The molecule has 4 heterocycles. The van der Waals surface area contributed by atoms with Crippen molar-refractivity contribution < 1.29 is 8.42 Å². The molecule has 2 unspecified atom stereocenters. The molecule has 8 nitrogen and oxygen atoms in total. The quantitative estimate of drug-likeness (QED) is 0.789. The summed E-state index contributed by atoms with van der Waals surface area (Å²) in [5.74, 6) is 2.27. The van der Waals surface area contributed by atoms with Gasteiger partial charge in [-0.15, -0.1) is 0 Å². The summed E-state index contributed by atoms with van der Waals surface area (Å²) in [6, 6.07) is 2.11. The van der Waals surface area contributed by atoms with Gasteiger partial charge in [0.2, 0.25) is 0 Å². The van der Waals surface area contributed by atoms with E-state index < -0.39 is 10.0 Å². The molecule has 26 heavy (non-hydrogen) atoms. The predicted molar refractivity (Wildman–Crippen MR) is 95.2 cm³/mol. The Morgan fingerprint density at radius 2 is 1.77 bits per heavy atom. The van der Waals surface area contributed by atoms with Crippen molar-refractivity contribution in [2.75, 3.05) is 31.1 Å². The number of fused-ring (bicyclic) bond motifs is 1. The Hall–Kier alpha value is -2.00. The van der Waals surface area contributed by atoms with E-state index >= 15 is 0 Å². The first-order chi connectivity index (χ1) is 12.5. The van der Waals surface area contributed by atoms with Gasteiger partial charge in [0.15, 0.2) is 5.03 Å². The maximum absolute atomic E-state index is 12.8. The van der Waals surface area contributed by atoms with E-state index in [4.69, 9.17) is 0 Å². The minimum absolute atomic E-state index is 0.140. The van der Waals surface area contributed by atoms with Gasteiger partial charge in [-0.1, -0.05) is 0 Å². The lowest BCUT2D eigenvalue weighted by atomic mass is 10.0. The second-order valence-corrected chi connectivity index (χ2v) is 9.58. The van der Waals surface area contributed by atoms with E-state index in [1.54, 1.807) is 28.4 Å². The lowest BCUT2D eigenvalue weighted by Gasteiger charge is -2.21. The van der Waals surface area contributed by atoms with E-state index in [0.717, 1.165) is 24.6 Å². The normalized spacial score (nSPS) is 26.4. The van der Waals surface area contributed by atoms with Crippen LogP contribution in [0.15, 0.2) is 29.9 Å². The molecular formula is C17H22N6O2S. The van der Waals surface area contributed by atoms with Crippen molar-refractivity contribution in [3.8, 4) is 0 Å². The van der Waals surface area contributed by atoms with Gasteiger partial charge < -0.3 is 9.47 Å². The van der Waals surface area contributed by atoms with Crippen LogP contribution in [0.5, 0.6) is 0 Å². The lowest BCUT2D eigenvalue weighted by molar-refractivity contribution is 0.451. The van der Waals surface area contributed by atoms with Gasteiger partial charge >= 0.3 is 0 Å². The third-order valence-corrected chi connectivity index (χ3v) is 7.45. The van der Waals surface area contributed by atoms with Crippen LogP contribution >= 0.6 is 0 Å². The third kappa shape index (κ3) is 2.69. The minimum atomic E-state index is -3.49. The number of nitrogens with zero attached hydrogens (tertiary/aromatic N) is 6. The molecule has 0 aromatic carbocycles. The van der Waals surface area contributed by atoms with Crippen LogP contribution < -0.4 is 4.90 Å². The lowest BCUT2D eigenvalue weighted by Crippen LogP contribution is -2.33. The second kappa shape index (κ2) is 5.75. The average Bonchev–Trinajstić information content (AvgIpc) is 3.04. The first kappa shape index (κ1) is 16.2. The summed E-state index contributed by atoms with van der Waals surface area (Å²) < 4.78 is 28.8. The largest absolute Gasteiger partial charge is 0.356 e. The number of hydrogen-bond donors (Lipinski definition) is 0. The van der Waals surface area contributed by atoms with Crippen molar-refractivity contribution in [1.82, 2.24) is 23.8 Å². The van der Waals surface area contributed by atoms with Crippen molar-refractivity contribution in [3.63, 3.8) is 0 Å². The summed E-state index contributed by atoms with van der Waals surface area (Å²) in [6.45, 7) is 2.81. The van der Waals surface area contributed by atoms with Crippen molar-refractivity contribution in [2.24, 2.45) is 18.9 Å². The van der Waals surface area contributed by atoms with Crippen LogP contribution in [-0.4, -0.2) is 58.4 Å². The van der Waals surface area contributed by atoms with Gasteiger partial charge in [-0.05, 0) is 24.7 Å². The molecule has 0 radical (unpaired) electrons. The third-order valence-electron chi connectivity index (χ3n) is 5.73. The van der Waals surface area contributed by atoms with Crippen LogP contribution in [0.4, 0.5) is 5.82 Å². The number of imidazole rings is 1. The second-order valence-electron chi connectivity index (χ2n) is 7.70. The molecule has 0 bridgehead atoms. The van der Waals surface area contributed by atoms with Crippen LogP contribution in [0.1, 0.15) is 24.5 Å². The molecule has 2 aliphatic heterocycles. The fourth-order valence-corrected chi connectivity index (χ4v) is 5.64. The van der Waals surface area contributed by atoms with Gasteiger partial charge in [-0.2, -0.15) is 4.31 Å². The molecule has 0 N–H and O–H groups in total. The molecule has 0 amide bonds. The number of aromatic nitrogens is 4. The van der Waals surface area contributed by atoms with E-state index in [1.807, 2.05) is 0 Å². The highest BCUT2D eigenvalue weighted by molar-refractivity contribution is 7.89. The summed E-state index contributed by atoms with van der Waals surface area (Å²) in [6.07, 6.45) is 7.20. The van der Waals surface area contributed by atoms with Crippen molar-refractivity contribution in [3.05, 3.63) is 30.6 Å². The topological polar surface area (TPSA) is 84.2 Å². The highest BCUT2D eigenvalue weighted by Gasteiger charge is 2.45. The smallest absolute Gasteiger partial charge is 0.262 e. The number of aryl methyl sites for hydroxylation is 1. The summed E-state index contributed by atoms with van der Waals surface area (Å²) in [5.41, 5.74) is 1.14. The number of sulfonamides is 1. The molecule has 5 rings (SSSR count). The van der Waals surface area contributed by atoms with E-state index in [-0.39, 0.29) is 5.03 Å². The Balaban J connectivity index is 1.30. The van der Waals surface area contributed by atoms with E-state index in [9.17, 15) is 8.42 Å². The van der Waals surface area contributed by atoms with Gasteiger partial charge in [0.05, 0.1) is 6.33 Å². The predicted octanol–water partition coefficient (Wildman–Crippen LogP) is 0.844. The zero-order valence-electron chi connectivity index (χ0n) is 14.7. The Labute approximate surface area is 152 Å². The number of anilines is 1. The minimum Gasteiger partial charge on any atom is -0.356 e. The standard InChI is InChI=1S/C17H22N6O2S/c1-21-9-17(20-11-21)26(24,25)23-7-13-5-22(6-14(13)8-23)16-4-15(12-2-3-12)18-10-19-16/h4,9-14H,2-3,5-8H2,1H3. The zero-order valence-corrected chi connectivity index (χ0v) is 15.5. The average molecular weight is 374 g/mol. The summed E-state index contributed by atoms with van der Waals surface area (Å²) in [4.78, 5) is 15.1. The molecule has 138 valence electrons. The van der Waals surface area contributed by atoms with E-state index in [2.05, 4.69) is 25.9 Å². The molecule has 9 heteroatoms. The first-order valence-corrected chi connectivity index (χ1v) is 10.5. The van der Waals surface area contributed by atoms with Gasteiger partial charge in [-0.3, -0.25) is 0 Å². The first-order valence-electron chi connectivity index (χ1n) is 9.06. The fourth-order valence-electron chi connectivity index (χ4n) is 4.12. The highest BCUT2D eigenvalue weighted by Crippen LogP contribution is 2.40. The van der Waals surface area contributed by atoms with Crippen LogP contribution in [0.25, 0.3) is 0 Å². The summed E-state index contributed by atoms with van der Waals surface area (Å²) >= 11 is 0. The van der Waals surface area contributed by atoms with Crippen molar-refractivity contribution in [1.29, 1.82) is 0 Å². The van der Waals surface area contributed by atoms with Crippen molar-refractivity contribution >= 4 is 15.8 Å². The Morgan fingerprint density at radius 1 is 1.04 bits per heavy atom. The molecule has 0 spiro atoms. The highest BCUT2D eigenvalue weighted by atomic mass is 32.2. The summed E-state index contributed by atoms with van der Waals surface area (Å²) in [5, 5.41) is 0.140. The van der Waals surface area contributed by atoms with Gasteiger partial charge in [0.1, 0.15) is 12.1 Å². The molecule has 3 aliphatic rings. The molecule has 2 saturated heterocycles. The van der Waals surface area contributed by atoms with Gasteiger partial charge in [-0.25, -0.2) is 23.4 Å². The molecule has 2 atom stereocenters. The van der Waals surface area contributed by atoms with Crippen LogP contribution in [0, 0.1) is 11.8 Å². The van der Waals surface area contributed by atoms with Crippen LogP contribution in [0.2, 0.25) is 0 Å². The summed E-state index contributed by atoms with van der Waals surface area (Å²) in [7, 11) is -1.72. The van der Waals surface area contributed by atoms with Gasteiger partial charge in [0, 0.05) is 57.1 Å². The Kier molecular flexibility index (Phi) is 3.58. The molecule has 2 aromatic rings. The van der Waals surface area contributed by atoms with Crippen LogP contribution in [-0.2, 0) is 17.1 Å². The molecule has 3 fully saturated rings. The molecule has 1 aliphatic carbocycles. The molecule has 1 saturated carbocycles. The number of rotatable bonds is 4. The fraction of sp³-hybridized carbons (Fsp3) is 0.588. The molecular weight excluding hydrogens is 352 g/mol. The monoisotopic (exact) mass is 374 g/mol. The van der Waals surface area contributed by atoms with E-state index in [0.29, 0.717) is 30.8 Å². The Morgan fingerprint density at radius 3 is 2.38 bits per heavy atom. The maximum atomic E-state index is 12.8.